The average molecular weight is 304 g/mol. The number of urea groups is 1. The molecule has 0 heterocycles. The average Bonchev–Trinajstić information content (AvgIpc) is 2.32. The first-order valence-corrected chi connectivity index (χ1v) is 6.15. The molecule has 5 nitrogen and oxygen atoms in total. The van der Waals surface area contributed by atoms with Crippen molar-refractivity contribution in [1.29, 1.82) is 0 Å². The zero-order valence-corrected chi connectivity index (χ0v) is 11.4. The first kappa shape index (κ1) is 16.8. The maximum Gasteiger partial charge on any atom is 0.326 e. The quantitative estimate of drug-likeness (QED) is 0.782. The van der Waals surface area contributed by atoms with E-state index < -0.39 is 41.2 Å². The SMILES string of the molecule is CC(C)C[C@@H](NC(=O)Nc1c(F)cc(F)cc1F)C(=O)O. The van der Waals surface area contributed by atoms with Crippen LogP contribution in [0.1, 0.15) is 20.3 Å². The summed E-state index contributed by atoms with van der Waals surface area (Å²) in [4.78, 5) is 22.5. The molecule has 0 bridgehead atoms. The van der Waals surface area contributed by atoms with Crippen molar-refractivity contribution in [1.82, 2.24) is 5.32 Å². The van der Waals surface area contributed by atoms with Gasteiger partial charge in [-0.3, -0.25) is 0 Å². The van der Waals surface area contributed by atoms with E-state index >= 15 is 0 Å². The molecular weight excluding hydrogens is 289 g/mol. The molecule has 0 aliphatic rings. The second-order valence-electron chi connectivity index (χ2n) is 4.86. The number of halogens is 3. The van der Waals surface area contributed by atoms with Crippen LogP contribution in [0, 0.1) is 23.4 Å². The molecule has 8 heteroatoms. The molecule has 0 fully saturated rings. The van der Waals surface area contributed by atoms with E-state index in [-0.39, 0.29) is 12.3 Å². The third-order valence-corrected chi connectivity index (χ3v) is 2.56. The van der Waals surface area contributed by atoms with Crippen LogP contribution >= 0.6 is 0 Å². The van der Waals surface area contributed by atoms with Crippen molar-refractivity contribution in [2.45, 2.75) is 26.3 Å². The Kier molecular flexibility index (Phi) is 5.57. The lowest BCUT2D eigenvalue weighted by molar-refractivity contribution is -0.139. The second kappa shape index (κ2) is 6.96. The summed E-state index contributed by atoms with van der Waals surface area (Å²) in [5, 5.41) is 12.9. The Morgan fingerprint density at radius 1 is 1.19 bits per heavy atom. The van der Waals surface area contributed by atoms with Gasteiger partial charge in [-0.15, -0.1) is 0 Å². The molecule has 3 N–H and O–H groups in total. The summed E-state index contributed by atoms with van der Waals surface area (Å²) in [6.07, 6.45) is 0.150. The summed E-state index contributed by atoms with van der Waals surface area (Å²) in [7, 11) is 0. The van der Waals surface area contributed by atoms with Crippen molar-refractivity contribution in [3.8, 4) is 0 Å². The normalized spacial score (nSPS) is 12.1. The number of nitrogens with one attached hydrogen (secondary N) is 2. The third kappa shape index (κ3) is 4.97. The number of benzene rings is 1. The number of hydrogen-bond donors (Lipinski definition) is 3. The molecule has 1 aromatic rings. The predicted octanol–water partition coefficient (Wildman–Crippen LogP) is 2.72. The van der Waals surface area contributed by atoms with E-state index in [2.05, 4.69) is 5.32 Å². The van der Waals surface area contributed by atoms with Crippen LogP contribution < -0.4 is 10.6 Å². The Morgan fingerprint density at radius 3 is 2.14 bits per heavy atom. The fourth-order valence-corrected chi connectivity index (χ4v) is 1.66. The van der Waals surface area contributed by atoms with Gasteiger partial charge in [-0.1, -0.05) is 13.8 Å². The lowest BCUT2D eigenvalue weighted by atomic mass is 10.0. The van der Waals surface area contributed by atoms with Crippen molar-refractivity contribution < 1.29 is 27.9 Å². The third-order valence-electron chi connectivity index (χ3n) is 2.56. The topological polar surface area (TPSA) is 78.4 Å². The molecule has 0 aromatic heterocycles. The Balaban J connectivity index is 2.79. The molecule has 21 heavy (non-hydrogen) atoms. The number of hydrogen-bond acceptors (Lipinski definition) is 2. The van der Waals surface area contributed by atoms with E-state index in [1.807, 2.05) is 5.32 Å². The van der Waals surface area contributed by atoms with Crippen molar-refractivity contribution in [2.24, 2.45) is 5.92 Å². The molecule has 2 amide bonds. The Hall–Kier alpha value is -2.25. The highest BCUT2D eigenvalue weighted by Crippen LogP contribution is 2.20. The van der Waals surface area contributed by atoms with Gasteiger partial charge < -0.3 is 15.7 Å². The number of carbonyl (C=O) groups excluding carboxylic acids is 1. The van der Waals surface area contributed by atoms with Gasteiger partial charge >= 0.3 is 12.0 Å². The summed E-state index contributed by atoms with van der Waals surface area (Å²) < 4.78 is 39.4. The second-order valence-corrected chi connectivity index (χ2v) is 4.86. The van der Waals surface area contributed by atoms with Crippen LogP contribution in [0.3, 0.4) is 0 Å². The van der Waals surface area contributed by atoms with Gasteiger partial charge in [0.15, 0.2) is 11.6 Å². The smallest absolute Gasteiger partial charge is 0.326 e. The summed E-state index contributed by atoms with van der Waals surface area (Å²) in [5.74, 6) is -4.99. The van der Waals surface area contributed by atoms with Gasteiger partial charge in [0.05, 0.1) is 0 Å². The first-order chi connectivity index (χ1) is 9.70. The lowest BCUT2D eigenvalue weighted by Gasteiger charge is -2.17. The van der Waals surface area contributed by atoms with E-state index in [0.717, 1.165) is 0 Å². The van der Waals surface area contributed by atoms with E-state index in [4.69, 9.17) is 5.11 Å². The van der Waals surface area contributed by atoms with E-state index in [1.54, 1.807) is 13.8 Å². The highest BCUT2D eigenvalue weighted by atomic mass is 19.1. The van der Waals surface area contributed by atoms with Gasteiger partial charge in [0.25, 0.3) is 0 Å². The number of amides is 2. The summed E-state index contributed by atoms with van der Waals surface area (Å²) in [6.45, 7) is 3.52. The van der Waals surface area contributed by atoms with Crippen LogP contribution in [0.5, 0.6) is 0 Å². The highest BCUT2D eigenvalue weighted by Gasteiger charge is 2.22. The number of carboxylic acids is 1. The maximum absolute atomic E-state index is 13.3. The highest BCUT2D eigenvalue weighted by molar-refractivity contribution is 5.92. The van der Waals surface area contributed by atoms with E-state index in [1.165, 1.54) is 0 Å². The molecule has 0 radical (unpaired) electrons. The molecule has 0 spiro atoms. The Labute approximate surface area is 119 Å². The van der Waals surface area contributed by atoms with Crippen LogP contribution in [0.4, 0.5) is 23.7 Å². The maximum atomic E-state index is 13.3. The molecule has 0 unspecified atom stereocenters. The van der Waals surface area contributed by atoms with Crippen molar-refractivity contribution in [3.63, 3.8) is 0 Å². The number of aliphatic carboxylic acids is 1. The van der Waals surface area contributed by atoms with Crippen LogP contribution in [-0.2, 0) is 4.79 Å². The van der Waals surface area contributed by atoms with E-state index in [0.29, 0.717) is 12.1 Å². The van der Waals surface area contributed by atoms with Crippen molar-refractivity contribution in [3.05, 3.63) is 29.6 Å². The van der Waals surface area contributed by atoms with Gasteiger partial charge in [0, 0.05) is 12.1 Å². The van der Waals surface area contributed by atoms with Gasteiger partial charge in [-0.2, -0.15) is 0 Å². The Morgan fingerprint density at radius 2 is 1.71 bits per heavy atom. The number of carbonyl (C=O) groups is 2. The fraction of sp³-hybridized carbons (Fsp3) is 0.385. The number of carboxylic acid groups (broad SMARTS) is 1. The first-order valence-electron chi connectivity index (χ1n) is 6.15. The van der Waals surface area contributed by atoms with Crippen LogP contribution in [0.25, 0.3) is 0 Å². The fourth-order valence-electron chi connectivity index (χ4n) is 1.66. The molecule has 0 saturated heterocycles. The zero-order chi connectivity index (χ0) is 16.2. The molecule has 116 valence electrons. The molecule has 1 aromatic carbocycles. The van der Waals surface area contributed by atoms with Crippen LogP contribution in [0.2, 0.25) is 0 Å². The largest absolute Gasteiger partial charge is 0.480 e. The number of rotatable bonds is 5. The van der Waals surface area contributed by atoms with Crippen molar-refractivity contribution in [2.75, 3.05) is 5.32 Å². The minimum Gasteiger partial charge on any atom is -0.480 e. The summed E-state index contributed by atoms with van der Waals surface area (Å²) in [5.41, 5.74) is -0.845. The number of anilines is 1. The molecule has 0 aliphatic carbocycles. The Bertz CT molecular complexity index is 526. The standard InChI is InChI=1S/C13H15F3N2O3/c1-6(2)3-10(12(19)20)17-13(21)18-11-8(15)4-7(14)5-9(11)16/h4-6,10H,3H2,1-2H3,(H,19,20)(H2,17,18,21)/t10-/m1/s1. The molecule has 1 rings (SSSR count). The minimum atomic E-state index is -1.29. The van der Waals surface area contributed by atoms with Gasteiger partial charge in [-0.05, 0) is 12.3 Å². The van der Waals surface area contributed by atoms with Crippen molar-refractivity contribution >= 4 is 17.7 Å². The van der Waals surface area contributed by atoms with Gasteiger partial charge in [0.1, 0.15) is 17.5 Å². The monoisotopic (exact) mass is 304 g/mol. The predicted molar refractivity (Wildman–Crippen MR) is 69.3 cm³/mol. The summed E-state index contributed by atoms with van der Waals surface area (Å²) >= 11 is 0. The van der Waals surface area contributed by atoms with Gasteiger partial charge in [0.2, 0.25) is 0 Å². The van der Waals surface area contributed by atoms with Gasteiger partial charge in [-0.25, -0.2) is 22.8 Å². The molecule has 1 atom stereocenters. The van der Waals surface area contributed by atoms with Crippen LogP contribution in [0.15, 0.2) is 12.1 Å². The molecule has 0 saturated carbocycles. The zero-order valence-electron chi connectivity index (χ0n) is 11.4. The molecule has 0 aliphatic heterocycles. The minimum absolute atomic E-state index is 0.00862. The van der Waals surface area contributed by atoms with Crippen LogP contribution in [-0.4, -0.2) is 23.1 Å². The summed E-state index contributed by atoms with van der Waals surface area (Å²) in [6, 6.07) is -1.48. The lowest BCUT2D eigenvalue weighted by Crippen LogP contribution is -2.44. The van der Waals surface area contributed by atoms with E-state index in [9.17, 15) is 22.8 Å². The molecular formula is C13H15F3N2O3.